The number of furan rings is 1. The largest absolute Gasteiger partial charge is 0.486 e. The maximum Gasteiger partial charge on any atom is 0.266 e. The Morgan fingerprint density at radius 3 is 2.35 bits per heavy atom. The van der Waals surface area contributed by atoms with Crippen molar-refractivity contribution in [1.82, 2.24) is 9.88 Å². The first-order valence-corrected chi connectivity index (χ1v) is 11.5. The molecule has 7 heteroatoms. The zero-order chi connectivity index (χ0) is 23.3. The molecule has 1 fully saturated rings. The van der Waals surface area contributed by atoms with E-state index in [0.717, 1.165) is 44.0 Å². The van der Waals surface area contributed by atoms with Crippen LogP contribution < -0.4 is 9.64 Å². The quantitative estimate of drug-likeness (QED) is 0.380. The van der Waals surface area contributed by atoms with Gasteiger partial charge < -0.3 is 23.4 Å². The van der Waals surface area contributed by atoms with Crippen molar-refractivity contribution in [3.8, 4) is 34.6 Å². The Hall–Kier alpha value is -4.02. The number of ether oxygens (including phenoxy) is 1. The van der Waals surface area contributed by atoms with Crippen LogP contribution in [0.3, 0.4) is 0 Å². The number of aromatic nitrogens is 1. The Labute approximate surface area is 198 Å². The fraction of sp³-hybridized carbons (Fsp3) is 0.259. The van der Waals surface area contributed by atoms with E-state index in [0.29, 0.717) is 23.3 Å². The van der Waals surface area contributed by atoms with Gasteiger partial charge in [-0.3, -0.25) is 0 Å². The summed E-state index contributed by atoms with van der Waals surface area (Å²) in [5.74, 6) is 2.71. The second kappa shape index (κ2) is 9.86. The Balaban J connectivity index is 1.24. The molecule has 0 N–H and O–H groups in total. The number of piperazine rings is 1. The van der Waals surface area contributed by atoms with E-state index in [1.54, 1.807) is 6.07 Å². The highest BCUT2D eigenvalue weighted by atomic mass is 16.5. The molecule has 1 saturated heterocycles. The van der Waals surface area contributed by atoms with Crippen molar-refractivity contribution >= 4 is 5.88 Å². The number of oxazole rings is 1. The number of rotatable bonds is 7. The fourth-order valence-corrected chi connectivity index (χ4v) is 4.07. The van der Waals surface area contributed by atoms with Crippen molar-refractivity contribution in [3.63, 3.8) is 0 Å². The van der Waals surface area contributed by atoms with Gasteiger partial charge in [0, 0.05) is 26.2 Å². The standard InChI is InChI=1S/C27H26N4O3/c1-2-30-14-16-31(17-15-30)27-24(18-28)29-26(34-27)25-13-12-23(33-25)19-32-22-10-8-21(9-11-22)20-6-4-3-5-7-20/h3-13H,2,14-17,19H2,1H3. The van der Waals surface area contributed by atoms with Gasteiger partial charge in [-0.2, -0.15) is 10.2 Å². The van der Waals surface area contributed by atoms with Gasteiger partial charge >= 0.3 is 0 Å². The summed E-state index contributed by atoms with van der Waals surface area (Å²) in [4.78, 5) is 8.81. The van der Waals surface area contributed by atoms with Crippen LogP contribution >= 0.6 is 0 Å². The molecule has 0 spiro atoms. The van der Waals surface area contributed by atoms with E-state index in [-0.39, 0.29) is 12.3 Å². The first-order chi connectivity index (χ1) is 16.7. The molecule has 3 heterocycles. The summed E-state index contributed by atoms with van der Waals surface area (Å²) in [6.45, 7) is 6.94. The lowest BCUT2D eigenvalue weighted by Crippen LogP contribution is -2.46. The monoisotopic (exact) mass is 454 g/mol. The number of hydrogen-bond acceptors (Lipinski definition) is 7. The summed E-state index contributed by atoms with van der Waals surface area (Å²) >= 11 is 0. The second-order valence-corrected chi connectivity index (χ2v) is 8.15. The number of anilines is 1. The summed E-state index contributed by atoms with van der Waals surface area (Å²) in [7, 11) is 0. The minimum absolute atomic E-state index is 0.280. The highest BCUT2D eigenvalue weighted by Crippen LogP contribution is 2.30. The third kappa shape index (κ3) is 4.68. The van der Waals surface area contributed by atoms with Crippen molar-refractivity contribution in [2.75, 3.05) is 37.6 Å². The summed E-state index contributed by atoms with van der Waals surface area (Å²) in [6, 6.07) is 24.0. The number of likely N-dealkylation sites (N-methyl/N-ethyl adjacent to an activating group) is 1. The molecule has 34 heavy (non-hydrogen) atoms. The number of nitriles is 1. The number of hydrogen-bond donors (Lipinski definition) is 0. The molecule has 2 aromatic carbocycles. The number of benzene rings is 2. The van der Waals surface area contributed by atoms with Gasteiger partial charge in [0.15, 0.2) is 5.76 Å². The van der Waals surface area contributed by atoms with Gasteiger partial charge in [0.2, 0.25) is 11.6 Å². The molecule has 2 aromatic heterocycles. The number of nitrogens with zero attached hydrogens (tertiary/aromatic N) is 4. The van der Waals surface area contributed by atoms with Gasteiger partial charge in [0.1, 0.15) is 24.2 Å². The second-order valence-electron chi connectivity index (χ2n) is 8.15. The van der Waals surface area contributed by atoms with Gasteiger partial charge in [-0.25, -0.2) is 0 Å². The van der Waals surface area contributed by atoms with Gasteiger partial charge in [-0.05, 0) is 41.9 Å². The smallest absolute Gasteiger partial charge is 0.266 e. The zero-order valence-electron chi connectivity index (χ0n) is 19.1. The van der Waals surface area contributed by atoms with E-state index in [2.05, 4.69) is 39.9 Å². The topological polar surface area (TPSA) is 78.7 Å². The molecule has 0 bridgehead atoms. The summed E-state index contributed by atoms with van der Waals surface area (Å²) in [6.07, 6.45) is 0. The van der Waals surface area contributed by atoms with Crippen LogP contribution in [-0.2, 0) is 6.61 Å². The molecule has 0 radical (unpaired) electrons. The van der Waals surface area contributed by atoms with Crippen LogP contribution in [0.15, 0.2) is 75.6 Å². The van der Waals surface area contributed by atoms with E-state index in [1.807, 2.05) is 48.5 Å². The van der Waals surface area contributed by atoms with Crippen LogP contribution in [0.4, 0.5) is 5.88 Å². The Morgan fingerprint density at radius 1 is 0.912 bits per heavy atom. The fourth-order valence-electron chi connectivity index (χ4n) is 4.07. The van der Waals surface area contributed by atoms with Crippen LogP contribution in [0.5, 0.6) is 5.75 Å². The maximum absolute atomic E-state index is 9.56. The minimum atomic E-state index is 0.280. The molecule has 0 saturated carbocycles. The SMILES string of the molecule is CCN1CCN(c2oc(-c3ccc(COc4ccc(-c5ccccc5)cc4)o3)nc2C#N)CC1. The lowest BCUT2D eigenvalue weighted by Gasteiger charge is -2.33. The van der Waals surface area contributed by atoms with Crippen LogP contribution in [0.2, 0.25) is 0 Å². The van der Waals surface area contributed by atoms with E-state index in [4.69, 9.17) is 13.6 Å². The first-order valence-electron chi connectivity index (χ1n) is 11.5. The van der Waals surface area contributed by atoms with Crippen molar-refractivity contribution in [1.29, 1.82) is 5.26 Å². The van der Waals surface area contributed by atoms with Gasteiger partial charge in [-0.1, -0.05) is 49.4 Å². The molecule has 7 nitrogen and oxygen atoms in total. The molecule has 0 aliphatic carbocycles. The van der Waals surface area contributed by atoms with Crippen LogP contribution in [0.25, 0.3) is 22.8 Å². The molecular formula is C27H26N4O3. The van der Waals surface area contributed by atoms with Crippen molar-refractivity contribution in [3.05, 3.63) is 78.2 Å². The van der Waals surface area contributed by atoms with Crippen LogP contribution in [0.1, 0.15) is 18.4 Å². The van der Waals surface area contributed by atoms with Crippen molar-refractivity contribution in [2.45, 2.75) is 13.5 Å². The van der Waals surface area contributed by atoms with Gasteiger partial charge in [0.05, 0.1) is 0 Å². The van der Waals surface area contributed by atoms with Crippen LogP contribution in [0, 0.1) is 11.3 Å². The first kappa shape index (κ1) is 21.8. The van der Waals surface area contributed by atoms with Gasteiger partial charge in [0.25, 0.3) is 5.89 Å². The lowest BCUT2D eigenvalue weighted by atomic mass is 10.1. The van der Waals surface area contributed by atoms with Crippen molar-refractivity contribution in [2.24, 2.45) is 0 Å². The highest BCUT2D eigenvalue weighted by molar-refractivity contribution is 5.64. The van der Waals surface area contributed by atoms with E-state index in [1.165, 1.54) is 5.56 Å². The highest BCUT2D eigenvalue weighted by Gasteiger charge is 2.25. The maximum atomic E-state index is 9.56. The molecular weight excluding hydrogens is 428 g/mol. The molecule has 0 atom stereocenters. The molecule has 0 amide bonds. The molecule has 4 aromatic rings. The minimum Gasteiger partial charge on any atom is -0.486 e. The predicted molar refractivity (Wildman–Crippen MR) is 129 cm³/mol. The Kier molecular flexibility index (Phi) is 6.32. The summed E-state index contributed by atoms with van der Waals surface area (Å²) in [5.41, 5.74) is 2.59. The third-order valence-corrected chi connectivity index (χ3v) is 6.04. The van der Waals surface area contributed by atoms with Crippen molar-refractivity contribution < 1.29 is 13.6 Å². The lowest BCUT2D eigenvalue weighted by molar-refractivity contribution is 0.266. The molecule has 1 aliphatic heterocycles. The Morgan fingerprint density at radius 2 is 1.65 bits per heavy atom. The van der Waals surface area contributed by atoms with E-state index < -0.39 is 0 Å². The zero-order valence-corrected chi connectivity index (χ0v) is 19.1. The predicted octanol–water partition coefficient (Wildman–Crippen LogP) is 5.19. The normalized spacial score (nSPS) is 14.2. The van der Waals surface area contributed by atoms with E-state index in [9.17, 15) is 5.26 Å². The summed E-state index contributed by atoms with van der Waals surface area (Å²) in [5, 5.41) is 9.56. The average molecular weight is 455 g/mol. The average Bonchev–Trinajstić information content (AvgIpc) is 3.56. The molecule has 1 aliphatic rings. The van der Waals surface area contributed by atoms with E-state index >= 15 is 0 Å². The van der Waals surface area contributed by atoms with Gasteiger partial charge in [-0.15, -0.1) is 0 Å². The molecule has 5 rings (SSSR count). The summed E-state index contributed by atoms with van der Waals surface area (Å²) < 4.78 is 17.8. The molecule has 0 unspecified atom stereocenters. The van der Waals surface area contributed by atoms with Crippen LogP contribution in [-0.4, -0.2) is 42.6 Å². The Bertz CT molecular complexity index is 1260. The third-order valence-electron chi connectivity index (χ3n) is 6.04. The molecule has 172 valence electrons.